The molecule has 2 aromatic rings. The first-order chi connectivity index (χ1) is 10.8. The van der Waals surface area contributed by atoms with E-state index in [1.807, 2.05) is 36.4 Å². The monoisotopic (exact) mass is 298 g/mol. The topological polar surface area (TPSA) is 29.5 Å². The Labute approximate surface area is 133 Å². The predicted molar refractivity (Wildman–Crippen MR) is 91.6 cm³/mol. The number of aryl methyl sites for hydroxylation is 1. The van der Waals surface area contributed by atoms with Crippen LogP contribution in [0.2, 0.25) is 0 Å². The molecule has 0 atom stereocenters. The Balaban J connectivity index is 1.78. The Morgan fingerprint density at radius 2 is 1.68 bits per heavy atom. The van der Waals surface area contributed by atoms with Gasteiger partial charge in [0.25, 0.3) is 0 Å². The van der Waals surface area contributed by atoms with E-state index in [2.05, 4.69) is 13.0 Å². The van der Waals surface area contributed by atoms with Crippen molar-refractivity contribution in [2.45, 2.75) is 45.4 Å². The first kappa shape index (κ1) is 16.4. The van der Waals surface area contributed by atoms with Crippen molar-refractivity contribution >= 4 is 0 Å². The van der Waals surface area contributed by atoms with Crippen molar-refractivity contribution in [2.24, 2.45) is 0 Å². The van der Waals surface area contributed by atoms with Crippen LogP contribution in [0, 0.1) is 0 Å². The van der Waals surface area contributed by atoms with Crippen LogP contribution in [0.15, 0.2) is 48.5 Å². The number of para-hydroxylation sites is 1. The quantitative estimate of drug-likeness (QED) is 0.650. The molecule has 0 saturated carbocycles. The fraction of sp³-hybridized carbons (Fsp3) is 0.400. The lowest BCUT2D eigenvalue weighted by molar-refractivity contribution is 0.306. The van der Waals surface area contributed by atoms with Crippen LogP contribution in [0.25, 0.3) is 0 Å². The van der Waals surface area contributed by atoms with Gasteiger partial charge < -0.3 is 9.84 Å². The van der Waals surface area contributed by atoms with E-state index >= 15 is 0 Å². The Morgan fingerprint density at radius 3 is 2.45 bits per heavy atom. The summed E-state index contributed by atoms with van der Waals surface area (Å²) in [6.45, 7) is 2.92. The molecule has 0 aromatic heterocycles. The van der Waals surface area contributed by atoms with E-state index in [-0.39, 0.29) is 0 Å². The lowest BCUT2D eigenvalue weighted by Gasteiger charge is -2.11. The number of benzene rings is 2. The van der Waals surface area contributed by atoms with Crippen molar-refractivity contribution in [1.29, 1.82) is 0 Å². The highest BCUT2D eigenvalue weighted by Crippen LogP contribution is 2.24. The SMILES string of the molecule is CCCCc1cccc(O)c1CCCCOc1ccccc1. The smallest absolute Gasteiger partial charge is 0.119 e. The lowest BCUT2D eigenvalue weighted by atomic mass is 9.97. The maximum absolute atomic E-state index is 10.1. The molecule has 0 radical (unpaired) electrons. The Kier molecular flexibility index (Phi) is 6.82. The Hall–Kier alpha value is -1.96. The predicted octanol–water partition coefficient (Wildman–Crippen LogP) is 5.14. The second kappa shape index (κ2) is 9.14. The van der Waals surface area contributed by atoms with E-state index < -0.39 is 0 Å². The lowest BCUT2D eigenvalue weighted by Crippen LogP contribution is -2.00. The van der Waals surface area contributed by atoms with Crippen molar-refractivity contribution in [2.75, 3.05) is 6.61 Å². The molecule has 0 saturated heterocycles. The number of aromatic hydroxyl groups is 1. The van der Waals surface area contributed by atoms with Crippen LogP contribution in [0.3, 0.4) is 0 Å². The molecule has 0 aliphatic heterocycles. The van der Waals surface area contributed by atoms with Gasteiger partial charge in [0, 0.05) is 0 Å². The van der Waals surface area contributed by atoms with Gasteiger partial charge in [0.05, 0.1) is 6.61 Å². The summed E-state index contributed by atoms with van der Waals surface area (Å²) in [7, 11) is 0. The standard InChI is InChI=1S/C20H26O2/c1-2-3-10-17-11-9-15-20(21)19(17)14-7-8-16-22-18-12-5-4-6-13-18/h4-6,9,11-13,15,21H,2-3,7-8,10,14,16H2,1H3. The van der Waals surface area contributed by atoms with E-state index in [1.54, 1.807) is 6.07 Å². The minimum absolute atomic E-state index is 0.442. The minimum Gasteiger partial charge on any atom is -0.508 e. The summed E-state index contributed by atoms with van der Waals surface area (Å²) < 4.78 is 5.71. The third-order valence-corrected chi connectivity index (χ3v) is 3.88. The molecule has 22 heavy (non-hydrogen) atoms. The van der Waals surface area contributed by atoms with Gasteiger partial charge in [0.1, 0.15) is 11.5 Å². The minimum atomic E-state index is 0.442. The normalized spacial score (nSPS) is 10.6. The summed E-state index contributed by atoms with van der Waals surface area (Å²) >= 11 is 0. The van der Waals surface area contributed by atoms with Gasteiger partial charge in [0.2, 0.25) is 0 Å². The van der Waals surface area contributed by atoms with Crippen LogP contribution >= 0.6 is 0 Å². The van der Waals surface area contributed by atoms with Gasteiger partial charge in [-0.05, 0) is 61.4 Å². The van der Waals surface area contributed by atoms with Gasteiger partial charge >= 0.3 is 0 Å². The molecule has 2 aromatic carbocycles. The van der Waals surface area contributed by atoms with Crippen molar-refractivity contribution in [3.8, 4) is 11.5 Å². The van der Waals surface area contributed by atoms with Crippen LogP contribution in [-0.2, 0) is 12.8 Å². The fourth-order valence-corrected chi connectivity index (χ4v) is 2.62. The Bertz CT molecular complexity index is 549. The molecule has 2 heteroatoms. The zero-order valence-electron chi connectivity index (χ0n) is 13.4. The number of phenolic OH excluding ortho intramolecular Hbond substituents is 1. The van der Waals surface area contributed by atoms with Crippen molar-refractivity contribution in [3.05, 3.63) is 59.7 Å². The molecule has 0 amide bonds. The molecule has 118 valence electrons. The van der Waals surface area contributed by atoms with Gasteiger partial charge in [-0.15, -0.1) is 0 Å². The van der Waals surface area contributed by atoms with Crippen LogP contribution in [0.4, 0.5) is 0 Å². The molecular weight excluding hydrogens is 272 g/mol. The zero-order chi connectivity index (χ0) is 15.6. The highest BCUT2D eigenvalue weighted by molar-refractivity contribution is 5.39. The van der Waals surface area contributed by atoms with Crippen LogP contribution in [0.1, 0.15) is 43.7 Å². The maximum atomic E-state index is 10.1. The summed E-state index contributed by atoms with van der Waals surface area (Å²) in [5, 5.41) is 10.1. The summed E-state index contributed by atoms with van der Waals surface area (Å²) in [5.41, 5.74) is 2.42. The average molecular weight is 298 g/mol. The van der Waals surface area contributed by atoms with Crippen molar-refractivity contribution in [1.82, 2.24) is 0 Å². The molecule has 0 fully saturated rings. The number of ether oxygens (including phenoxy) is 1. The number of phenols is 1. The molecule has 2 nitrogen and oxygen atoms in total. The van der Waals surface area contributed by atoms with Crippen LogP contribution in [-0.4, -0.2) is 11.7 Å². The number of rotatable bonds is 9. The molecular formula is C20H26O2. The number of unbranched alkanes of at least 4 members (excludes halogenated alkanes) is 2. The summed E-state index contributed by atoms with van der Waals surface area (Å²) in [6.07, 6.45) is 6.36. The van der Waals surface area contributed by atoms with E-state index in [0.29, 0.717) is 5.75 Å². The molecule has 0 spiro atoms. The Morgan fingerprint density at radius 1 is 0.864 bits per heavy atom. The number of hydrogen-bond acceptors (Lipinski definition) is 2. The average Bonchev–Trinajstić information content (AvgIpc) is 2.55. The van der Waals surface area contributed by atoms with Crippen molar-refractivity contribution in [3.63, 3.8) is 0 Å². The van der Waals surface area contributed by atoms with Crippen LogP contribution < -0.4 is 4.74 Å². The molecule has 0 aliphatic carbocycles. The number of hydrogen-bond donors (Lipinski definition) is 1. The highest BCUT2D eigenvalue weighted by Gasteiger charge is 2.07. The van der Waals surface area contributed by atoms with Gasteiger partial charge in [-0.3, -0.25) is 0 Å². The largest absolute Gasteiger partial charge is 0.508 e. The second-order valence-corrected chi connectivity index (χ2v) is 5.64. The van der Waals surface area contributed by atoms with E-state index in [4.69, 9.17) is 4.74 Å². The molecule has 0 heterocycles. The third-order valence-electron chi connectivity index (χ3n) is 3.88. The van der Waals surface area contributed by atoms with Gasteiger partial charge in [-0.25, -0.2) is 0 Å². The maximum Gasteiger partial charge on any atom is 0.119 e. The third kappa shape index (κ3) is 5.10. The van der Waals surface area contributed by atoms with Crippen LogP contribution in [0.5, 0.6) is 11.5 Å². The molecule has 0 bridgehead atoms. The molecule has 0 unspecified atom stereocenters. The first-order valence-corrected chi connectivity index (χ1v) is 8.29. The first-order valence-electron chi connectivity index (χ1n) is 8.29. The van der Waals surface area contributed by atoms with Crippen molar-refractivity contribution < 1.29 is 9.84 Å². The van der Waals surface area contributed by atoms with E-state index in [0.717, 1.165) is 43.6 Å². The van der Waals surface area contributed by atoms with E-state index in [9.17, 15) is 5.11 Å². The van der Waals surface area contributed by atoms with Gasteiger partial charge in [-0.1, -0.05) is 43.7 Å². The summed E-state index contributed by atoms with van der Waals surface area (Å²) in [6, 6.07) is 15.8. The zero-order valence-corrected chi connectivity index (χ0v) is 13.4. The molecule has 0 aliphatic rings. The highest BCUT2D eigenvalue weighted by atomic mass is 16.5. The summed E-state index contributed by atoms with van der Waals surface area (Å²) in [5.74, 6) is 1.37. The van der Waals surface area contributed by atoms with Gasteiger partial charge in [-0.2, -0.15) is 0 Å². The second-order valence-electron chi connectivity index (χ2n) is 5.64. The summed E-state index contributed by atoms with van der Waals surface area (Å²) in [4.78, 5) is 0. The van der Waals surface area contributed by atoms with E-state index in [1.165, 1.54) is 18.4 Å². The molecule has 2 rings (SSSR count). The van der Waals surface area contributed by atoms with Gasteiger partial charge in [0.15, 0.2) is 0 Å². The molecule has 1 N–H and O–H groups in total. The fourth-order valence-electron chi connectivity index (χ4n) is 2.62.